The number of anilines is 1. The van der Waals surface area contributed by atoms with Gasteiger partial charge in [0.2, 0.25) is 0 Å². The molecule has 0 saturated heterocycles. The Balaban J connectivity index is 2.12. The third-order valence-electron chi connectivity index (χ3n) is 3.21. The average Bonchev–Trinajstić information content (AvgIpc) is 2.57. The van der Waals surface area contributed by atoms with Gasteiger partial charge in [-0.3, -0.25) is 4.79 Å². The van der Waals surface area contributed by atoms with Gasteiger partial charge in [0.05, 0.1) is 23.3 Å². The molecule has 0 aliphatic rings. The molecule has 2 rings (SSSR count). The molecule has 0 aromatic heterocycles. The van der Waals surface area contributed by atoms with E-state index in [1.807, 2.05) is 13.8 Å². The molecule has 132 valence electrons. The van der Waals surface area contributed by atoms with Crippen molar-refractivity contribution in [3.05, 3.63) is 58.6 Å². The summed E-state index contributed by atoms with van der Waals surface area (Å²) in [6.45, 7) is 5.82. The number of amides is 1. The molecule has 0 aliphatic carbocycles. The summed E-state index contributed by atoms with van der Waals surface area (Å²) in [6, 6.07) is 11.5. The van der Waals surface area contributed by atoms with E-state index in [1.165, 1.54) is 6.07 Å². The van der Waals surface area contributed by atoms with Crippen LogP contribution in [0, 0.1) is 0 Å². The second-order valence-electron chi connectivity index (χ2n) is 5.56. The van der Waals surface area contributed by atoms with Crippen LogP contribution in [0.2, 0.25) is 5.02 Å². The standard InChI is InChI=1S/C19H20ClNO4/c1-4-24-19(23)16-11-14(7-10-17(16)20)21-18(22)13-5-8-15(9-6-13)25-12(2)3/h5-12H,4H2,1-3H3,(H,21,22). The quantitative estimate of drug-likeness (QED) is 0.766. The Bertz CT molecular complexity index is 757. The van der Waals surface area contributed by atoms with Crippen molar-refractivity contribution in [2.45, 2.75) is 26.9 Å². The monoisotopic (exact) mass is 361 g/mol. The van der Waals surface area contributed by atoms with Crippen LogP contribution in [0.15, 0.2) is 42.5 Å². The van der Waals surface area contributed by atoms with Crippen molar-refractivity contribution in [3.8, 4) is 5.75 Å². The highest BCUT2D eigenvalue weighted by Crippen LogP contribution is 2.22. The zero-order valence-electron chi connectivity index (χ0n) is 14.3. The number of esters is 1. The van der Waals surface area contributed by atoms with E-state index in [-0.39, 0.29) is 29.2 Å². The smallest absolute Gasteiger partial charge is 0.339 e. The molecule has 1 N–H and O–H groups in total. The predicted molar refractivity (Wildman–Crippen MR) is 97.6 cm³/mol. The second-order valence-corrected chi connectivity index (χ2v) is 5.97. The first-order valence-electron chi connectivity index (χ1n) is 7.95. The van der Waals surface area contributed by atoms with Gasteiger partial charge < -0.3 is 14.8 Å². The van der Waals surface area contributed by atoms with E-state index in [2.05, 4.69) is 5.32 Å². The van der Waals surface area contributed by atoms with Crippen LogP contribution in [0.1, 0.15) is 41.5 Å². The molecule has 1 amide bonds. The van der Waals surface area contributed by atoms with Crippen molar-refractivity contribution in [2.24, 2.45) is 0 Å². The molecule has 2 aromatic carbocycles. The minimum absolute atomic E-state index is 0.0649. The summed E-state index contributed by atoms with van der Waals surface area (Å²) >= 11 is 6.01. The minimum Gasteiger partial charge on any atom is -0.491 e. The molecule has 0 bridgehead atoms. The van der Waals surface area contributed by atoms with Crippen molar-refractivity contribution < 1.29 is 19.1 Å². The first-order chi connectivity index (χ1) is 11.9. The lowest BCUT2D eigenvalue weighted by Crippen LogP contribution is -2.13. The van der Waals surface area contributed by atoms with Gasteiger partial charge in [0.25, 0.3) is 5.91 Å². The van der Waals surface area contributed by atoms with Gasteiger partial charge in [-0.25, -0.2) is 4.79 Å². The fourth-order valence-corrected chi connectivity index (χ4v) is 2.32. The molecule has 5 nitrogen and oxygen atoms in total. The van der Waals surface area contributed by atoms with Crippen LogP contribution in [0.4, 0.5) is 5.69 Å². The maximum Gasteiger partial charge on any atom is 0.339 e. The molecule has 0 saturated carbocycles. The molecule has 25 heavy (non-hydrogen) atoms. The summed E-state index contributed by atoms with van der Waals surface area (Å²) in [5, 5.41) is 3.01. The highest BCUT2D eigenvalue weighted by molar-refractivity contribution is 6.33. The van der Waals surface area contributed by atoms with Gasteiger partial charge in [0.1, 0.15) is 5.75 Å². The molecular formula is C19H20ClNO4. The topological polar surface area (TPSA) is 64.6 Å². The van der Waals surface area contributed by atoms with Crippen molar-refractivity contribution in [2.75, 3.05) is 11.9 Å². The molecule has 0 heterocycles. The van der Waals surface area contributed by atoms with Gasteiger partial charge in [-0.1, -0.05) is 11.6 Å². The number of hydrogen-bond acceptors (Lipinski definition) is 4. The number of carbonyl (C=O) groups is 2. The van der Waals surface area contributed by atoms with E-state index in [1.54, 1.807) is 43.3 Å². The van der Waals surface area contributed by atoms with Gasteiger partial charge in [-0.2, -0.15) is 0 Å². The second kappa shape index (κ2) is 8.53. The number of hydrogen-bond donors (Lipinski definition) is 1. The zero-order chi connectivity index (χ0) is 18.4. The van der Waals surface area contributed by atoms with Crippen molar-refractivity contribution in [3.63, 3.8) is 0 Å². The number of nitrogens with one attached hydrogen (secondary N) is 1. The maximum absolute atomic E-state index is 12.3. The van der Waals surface area contributed by atoms with Crippen LogP contribution >= 0.6 is 11.6 Å². The van der Waals surface area contributed by atoms with Gasteiger partial charge in [0, 0.05) is 11.3 Å². The Morgan fingerprint density at radius 3 is 2.40 bits per heavy atom. The van der Waals surface area contributed by atoms with Crippen LogP contribution in [-0.2, 0) is 4.74 Å². The summed E-state index contributed by atoms with van der Waals surface area (Å²) in [5.74, 6) is -0.130. The Hall–Kier alpha value is -2.53. The summed E-state index contributed by atoms with van der Waals surface area (Å²) in [4.78, 5) is 24.2. The molecule has 0 unspecified atom stereocenters. The summed E-state index contributed by atoms with van der Waals surface area (Å²) in [5.41, 5.74) is 1.14. The zero-order valence-corrected chi connectivity index (χ0v) is 15.1. The Morgan fingerprint density at radius 2 is 1.80 bits per heavy atom. The van der Waals surface area contributed by atoms with Gasteiger partial charge in [-0.15, -0.1) is 0 Å². The molecule has 0 aliphatic heterocycles. The highest BCUT2D eigenvalue weighted by atomic mass is 35.5. The van der Waals surface area contributed by atoms with E-state index in [0.29, 0.717) is 17.0 Å². The van der Waals surface area contributed by atoms with Gasteiger partial charge in [0.15, 0.2) is 0 Å². The third kappa shape index (κ3) is 5.22. The number of carbonyl (C=O) groups excluding carboxylic acids is 2. The highest BCUT2D eigenvalue weighted by Gasteiger charge is 2.14. The average molecular weight is 362 g/mol. The van der Waals surface area contributed by atoms with Crippen LogP contribution in [0.3, 0.4) is 0 Å². The fourth-order valence-electron chi connectivity index (χ4n) is 2.13. The van der Waals surface area contributed by atoms with E-state index in [4.69, 9.17) is 21.1 Å². The van der Waals surface area contributed by atoms with E-state index in [0.717, 1.165) is 0 Å². The maximum atomic E-state index is 12.3. The summed E-state index contributed by atoms with van der Waals surface area (Å²) < 4.78 is 10.5. The molecule has 0 atom stereocenters. The van der Waals surface area contributed by atoms with Crippen LogP contribution in [-0.4, -0.2) is 24.6 Å². The predicted octanol–water partition coefficient (Wildman–Crippen LogP) is 4.56. The van der Waals surface area contributed by atoms with E-state index < -0.39 is 5.97 Å². The number of rotatable bonds is 6. The molecule has 2 aromatic rings. The molecule has 0 spiro atoms. The first-order valence-corrected chi connectivity index (χ1v) is 8.33. The van der Waals surface area contributed by atoms with Crippen LogP contribution < -0.4 is 10.1 Å². The molecule has 0 radical (unpaired) electrons. The van der Waals surface area contributed by atoms with Crippen molar-refractivity contribution in [1.29, 1.82) is 0 Å². The Labute approximate surface area is 151 Å². The number of ether oxygens (including phenoxy) is 2. The van der Waals surface area contributed by atoms with E-state index >= 15 is 0 Å². The summed E-state index contributed by atoms with van der Waals surface area (Å²) in [7, 11) is 0. The lowest BCUT2D eigenvalue weighted by Gasteiger charge is -2.11. The SMILES string of the molecule is CCOC(=O)c1cc(NC(=O)c2ccc(OC(C)C)cc2)ccc1Cl. The molecular weight excluding hydrogens is 342 g/mol. The van der Waals surface area contributed by atoms with Gasteiger partial charge >= 0.3 is 5.97 Å². The lowest BCUT2D eigenvalue weighted by atomic mass is 10.1. The Kier molecular flexibility index (Phi) is 6.42. The fraction of sp³-hybridized carbons (Fsp3) is 0.263. The number of halogens is 1. The third-order valence-corrected chi connectivity index (χ3v) is 3.54. The first kappa shape index (κ1) is 18.8. The van der Waals surface area contributed by atoms with Crippen molar-refractivity contribution in [1.82, 2.24) is 0 Å². The molecule has 6 heteroatoms. The lowest BCUT2D eigenvalue weighted by molar-refractivity contribution is 0.0526. The normalized spacial score (nSPS) is 10.4. The van der Waals surface area contributed by atoms with Crippen molar-refractivity contribution >= 4 is 29.2 Å². The van der Waals surface area contributed by atoms with E-state index in [9.17, 15) is 9.59 Å². The largest absolute Gasteiger partial charge is 0.491 e. The van der Waals surface area contributed by atoms with Crippen LogP contribution in [0.25, 0.3) is 0 Å². The molecule has 0 fully saturated rings. The minimum atomic E-state index is -0.529. The van der Waals surface area contributed by atoms with Crippen LogP contribution in [0.5, 0.6) is 5.75 Å². The Morgan fingerprint density at radius 1 is 1.12 bits per heavy atom. The van der Waals surface area contributed by atoms with Gasteiger partial charge in [-0.05, 0) is 63.2 Å². The number of benzene rings is 2. The summed E-state index contributed by atoms with van der Waals surface area (Å²) in [6.07, 6.45) is 0.0649.